The van der Waals surface area contributed by atoms with Crippen LogP contribution in [0.1, 0.15) is 61.6 Å². The molecule has 5 amide bonds. The Morgan fingerprint density at radius 1 is 0.855 bits per heavy atom. The molecule has 1 aromatic heterocycles. The highest BCUT2D eigenvalue weighted by atomic mass is 16.6. The number of aromatic nitrogens is 1. The Morgan fingerprint density at radius 2 is 1.58 bits per heavy atom. The first-order valence-electron chi connectivity index (χ1n) is 22.4. The van der Waals surface area contributed by atoms with E-state index < -0.39 is 18.0 Å². The highest BCUT2D eigenvalue weighted by Gasteiger charge is 2.37. The quantitative estimate of drug-likeness (QED) is 0.210. The van der Waals surface area contributed by atoms with Crippen molar-refractivity contribution in [2.24, 2.45) is 7.05 Å². The van der Waals surface area contributed by atoms with Gasteiger partial charge in [-0.1, -0.05) is 24.3 Å². The van der Waals surface area contributed by atoms with Crippen molar-refractivity contribution in [3.05, 3.63) is 63.6 Å². The van der Waals surface area contributed by atoms with Crippen molar-refractivity contribution in [1.29, 1.82) is 0 Å². The fourth-order valence-corrected chi connectivity index (χ4v) is 9.94. The molecule has 8 rings (SSSR count). The van der Waals surface area contributed by atoms with Crippen LogP contribution in [-0.4, -0.2) is 167 Å². The molecule has 6 heterocycles. The number of anilines is 1. The number of urea groups is 1. The van der Waals surface area contributed by atoms with Gasteiger partial charge in [0.25, 0.3) is 5.91 Å². The molecule has 17 nitrogen and oxygen atoms in total. The molecule has 62 heavy (non-hydrogen) atoms. The van der Waals surface area contributed by atoms with Gasteiger partial charge in [0, 0.05) is 110 Å². The Bertz CT molecular complexity index is 2180. The summed E-state index contributed by atoms with van der Waals surface area (Å²) in [5.74, 6) is -0.792. The van der Waals surface area contributed by atoms with E-state index in [1.165, 1.54) is 4.57 Å². The number of hydrogen-bond acceptors (Lipinski definition) is 11. The van der Waals surface area contributed by atoms with Gasteiger partial charge in [0.2, 0.25) is 5.91 Å². The maximum Gasteiger partial charge on any atom is 0.419 e. The van der Waals surface area contributed by atoms with Crippen molar-refractivity contribution >= 4 is 46.7 Å². The molecular weight excluding hydrogens is 797 g/mol. The maximum absolute atomic E-state index is 14.4. The largest absolute Gasteiger partial charge is 0.465 e. The van der Waals surface area contributed by atoms with Crippen LogP contribution in [0.25, 0.3) is 11.1 Å². The molecule has 4 saturated heterocycles. The minimum atomic E-state index is -1.09. The number of ether oxygens (including phenoxy) is 2. The summed E-state index contributed by atoms with van der Waals surface area (Å²) in [6, 6.07) is 11.6. The Morgan fingerprint density at radius 3 is 2.32 bits per heavy atom. The number of likely N-dealkylation sites (tertiary alicyclic amines) is 3. The molecule has 5 aliphatic heterocycles. The van der Waals surface area contributed by atoms with Crippen LogP contribution in [0.4, 0.5) is 15.3 Å². The molecule has 1 atom stereocenters. The van der Waals surface area contributed by atoms with Gasteiger partial charge in [-0.25, -0.2) is 14.4 Å². The molecule has 0 spiro atoms. The molecule has 3 aromatic rings. The van der Waals surface area contributed by atoms with Gasteiger partial charge < -0.3 is 38.8 Å². The van der Waals surface area contributed by atoms with E-state index in [-0.39, 0.29) is 48.9 Å². The first kappa shape index (κ1) is 43.2. The van der Waals surface area contributed by atoms with Gasteiger partial charge >= 0.3 is 23.8 Å². The number of hydrogen-bond donors (Lipinski definition) is 1. The van der Waals surface area contributed by atoms with Crippen LogP contribution in [0.5, 0.6) is 0 Å². The molecule has 17 heteroatoms. The van der Waals surface area contributed by atoms with E-state index in [9.17, 15) is 28.8 Å². The summed E-state index contributed by atoms with van der Waals surface area (Å²) in [5, 5.41) is 3.05. The fraction of sp³-hybridized carbons (Fsp3) is 0.600. The van der Waals surface area contributed by atoms with Gasteiger partial charge in [-0.05, 0) is 80.7 Å². The predicted molar refractivity (Wildman–Crippen MR) is 230 cm³/mol. The number of fused-ring (bicyclic) bond motifs is 2. The van der Waals surface area contributed by atoms with E-state index in [2.05, 4.69) is 15.1 Å². The van der Waals surface area contributed by atoms with Crippen molar-refractivity contribution in [1.82, 2.24) is 34.0 Å². The number of piperidine rings is 2. The number of aryl methyl sites for hydroxylation is 2. The van der Waals surface area contributed by atoms with Crippen LogP contribution in [0, 0.1) is 6.92 Å². The molecule has 0 saturated carbocycles. The molecule has 0 bridgehead atoms. The van der Waals surface area contributed by atoms with E-state index in [0.717, 1.165) is 80.8 Å². The SMILES string of the molecule is Cc1cc(C[C@@H](OC(=O)N2CCC(N3CCc4ccccc4NC3=O)CC2)C(=O)N2CCC(N3CCN(CC(=O)OCCCN4CCCC4=O)CC3)CC2)cc2oc(=O)n(C)c12. The van der Waals surface area contributed by atoms with E-state index in [4.69, 9.17) is 13.9 Å². The molecule has 1 N–H and O–H groups in total. The molecule has 0 unspecified atom stereocenters. The van der Waals surface area contributed by atoms with E-state index in [0.29, 0.717) is 82.7 Å². The summed E-state index contributed by atoms with van der Waals surface area (Å²) in [6.45, 7) is 9.40. The summed E-state index contributed by atoms with van der Waals surface area (Å²) in [6.07, 6.45) is 4.10. The number of carbonyl (C=O) groups is 5. The first-order valence-corrected chi connectivity index (χ1v) is 22.4. The smallest absolute Gasteiger partial charge is 0.419 e. The number of nitrogens with zero attached hydrogens (tertiary/aromatic N) is 7. The van der Waals surface area contributed by atoms with Crippen molar-refractivity contribution < 1.29 is 37.9 Å². The van der Waals surface area contributed by atoms with Gasteiger partial charge in [0.1, 0.15) is 0 Å². The second-order valence-corrected chi connectivity index (χ2v) is 17.4. The molecule has 5 aliphatic rings. The van der Waals surface area contributed by atoms with E-state index >= 15 is 0 Å². The lowest BCUT2D eigenvalue weighted by molar-refractivity contribution is -0.145. The predicted octanol–water partition coefficient (Wildman–Crippen LogP) is 3.21. The zero-order valence-corrected chi connectivity index (χ0v) is 36.1. The number of esters is 1. The van der Waals surface area contributed by atoms with Gasteiger partial charge in [-0.15, -0.1) is 0 Å². The first-order chi connectivity index (χ1) is 30.0. The van der Waals surface area contributed by atoms with Crippen LogP contribution in [0.3, 0.4) is 0 Å². The van der Waals surface area contributed by atoms with Crippen molar-refractivity contribution in [3.63, 3.8) is 0 Å². The zero-order chi connectivity index (χ0) is 43.3. The molecule has 334 valence electrons. The zero-order valence-electron chi connectivity index (χ0n) is 36.1. The number of para-hydroxylation sites is 1. The van der Waals surface area contributed by atoms with Gasteiger partial charge in [-0.2, -0.15) is 0 Å². The lowest BCUT2D eigenvalue weighted by atomic mass is 9.99. The van der Waals surface area contributed by atoms with E-state index in [1.807, 2.05) is 47.1 Å². The van der Waals surface area contributed by atoms with Crippen molar-refractivity contribution in [3.8, 4) is 0 Å². The summed E-state index contributed by atoms with van der Waals surface area (Å²) >= 11 is 0. The Labute approximate surface area is 361 Å². The maximum atomic E-state index is 14.4. The van der Waals surface area contributed by atoms with Crippen molar-refractivity contribution in [2.75, 3.05) is 90.5 Å². The lowest BCUT2D eigenvalue weighted by Gasteiger charge is -2.43. The average Bonchev–Trinajstić information content (AvgIpc) is 3.76. The number of oxazole rings is 1. The van der Waals surface area contributed by atoms with E-state index in [1.54, 1.807) is 22.9 Å². The van der Waals surface area contributed by atoms with Gasteiger partial charge in [0.05, 0.1) is 18.7 Å². The number of piperazine rings is 1. The standard InChI is InChI=1S/C45H60N8O9/c1-31-27-32(28-37-41(31)47(2)44(58)61-37)29-38(62-45(59)52-19-13-35(14-20-52)53-21-10-33-7-3-4-8-36(33)46-43(53)57)42(56)51-17-11-34(12-18-51)49-24-22-48(23-25-49)30-40(55)60-26-6-16-50-15-5-9-39(50)54/h3-4,7-8,27-28,34-35,38H,5-6,9-26,29-30H2,1-2H3,(H,46,57)/t38-/m1/s1. The fourth-order valence-electron chi connectivity index (χ4n) is 9.94. The van der Waals surface area contributed by atoms with Crippen LogP contribution >= 0.6 is 0 Å². The summed E-state index contributed by atoms with van der Waals surface area (Å²) in [7, 11) is 1.65. The molecule has 0 radical (unpaired) electrons. The minimum Gasteiger partial charge on any atom is -0.465 e. The molecule has 4 fully saturated rings. The third-order valence-corrected chi connectivity index (χ3v) is 13.4. The third-order valence-electron chi connectivity index (χ3n) is 13.4. The van der Waals surface area contributed by atoms with Crippen LogP contribution in [-0.2, 0) is 43.7 Å². The topological polar surface area (TPSA) is 170 Å². The number of benzene rings is 2. The second kappa shape index (κ2) is 19.3. The highest BCUT2D eigenvalue weighted by molar-refractivity contribution is 5.91. The number of nitrogens with one attached hydrogen (secondary N) is 1. The van der Waals surface area contributed by atoms with Crippen LogP contribution < -0.4 is 11.1 Å². The van der Waals surface area contributed by atoms with Gasteiger partial charge in [0.15, 0.2) is 11.7 Å². The number of carbonyl (C=O) groups excluding carboxylic acids is 5. The monoisotopic (exact) mass is 856 g/mol. The summed E-state index contributed by atoms with van der Waals surface area (Å²) < 4.78 is 18.6. The second-order valence-electron chi connectivity index (χ2n) is 17.4. The lowest BCUT2D eigenvalue weighted by Crippen LogP contribution is -2.55. The average molecular weight is 857 g/mol. The normalized spacial score (nSPS) is 20.3. The molecule has 2 aromatic carbocycles. The Hall–Kier alpha value is -5.42. The minimum absolute atomic E-state index is 0.0314. The Balaban J connectivity index is 0.840. The van der Waals surface area contributed by atoms with Crippen LogP contribution in [0.2, 0.25) is 0 Å². The van der Waals surface area contributed by atoms with Crippen molar-refractivity contribution in [2.45, 2.75) is 82.9 Å². The summed E-state index contributed by atoms with van der Waals surface area (Å²) in [4.78, 5) is 89.9. The highest BCUT2D eigenvalue weighted by Crippen LogP contribution is 2.27. The Kier molecular flexibility index (Phi) is 13.5. The number of amides is 5. The third kappa shape index (κ3) is 9.94. The number of rotatable bonds is 12. The molecule has 0 aliphatic carbocycles. The van der Waals surface area contributed by atoms with Gasteiger partial charge in [-0.3, -0.25) is 28.8 Å². The molecular formula is C45H60N8O9. The van der Waals surface area contributed by atoms with Crippen LogP contribution in [0.15, 0.2) is 45.6 Å². The summed E-state index contributed by atoms with van der Waals surface area (Å²) in [5.41, 5.74) is 4.56.